The maximum absolute atomic E-state index is 10.8. The third-order valence-electron chi connectivity index (χ3n) is 2.25. The summed E-state index contributed by atoms with van der Waals surface area (Å²) in [6.07, 6.45) is 1.42. The minimum atomic E-state index is -0.587. The second-order valence-electron chi connectivity index (χ2n) is 3.24. The molecule has 1 aromatic heterocycles. The van der Waals surface area contributed by atoms with Crippen LogP contribution in [0.15, 0.2) is 42.6 Å². The molecular formula is C10H7N3O4. The van der Waals surface area contributed by atoms with Crippen molar-refractivity contribution in [2.75, 3.05) is 0 Å². The molecule has 0 atom stereocenters. The quantitative estimate of drug-likeness (QED) is 0.600. The monoisotopic (exact) mass is 233 g/mol. The van der Waals surface area contributed by atoms with Crippen LogP contribution in [0.25, 0.3) is 5.69 Å². The van der Waals surface area contributed by atoms with Crippen LogP contribution in [0, 0.1) is 20.2 Å². The lowest BCUT2D eigenvalue weighted by Crippen LogP contribution is -2.02. The topological polar surface area (TPSA) is 91.2 Å². The highest BCUT2D eigenvalue weighted by molar-refractivity contribution is 5.55. The van der Waals surface area contributed by atoms with Crippen LogP contribution in [0.1, 0.15) is 0 Å². The summed E-state index contributed by atoms with van der Waals surface area (Å²) in [6, 6.07) is 8.62. The van der Waals surface area contributed by atoms with Crippen LogP contribution in [0.2, 0.25) is 0 Å². The Labute approximate surface area is 95.2 Å². The molecule has 7 heteroatoms. The first kappa shape index (κ1) is 10.8. The molecule has 0 aliphatic carbocycles. The van der Waals surface area contributed by atoms with Crippen molar-refractivity contribution in [1.82, 2.24) is 4.57 Å². The zero-order valence-corrected chi connectivity index (χ0v) is 8.52. The number of aromatic nitrogens is 1. The van der Waals surface area contributed by atoms with Gasteiger partial charge in [0.15, 0.2) is 0 Å². The number of para-hydroxylation sites is 2. The first-order chi connectivity index (χ1) is 8.11. The van der Waals surface area contributed by atoms with E-state index in [0.717, 1.165) is 0 Å². The average Bonchev–Trinajstić information content (AvgIpc) is 2.77. The van der Waals surface area contributed by atoms with Crippen LogP contribution in [0.4, 0.5) is 11.5 Å². The van der Waals surface area contributed by atoms with E-state index in [1.54, 1.807) is 6.07 Å². The number of rotatable bonds is 3. The molecule has 0 spiro atoms. The normalized spacial score (nSPS) is 10.1. The highest BCUT2D eigenvalue weighted by Gasteiger charge is 2.22. The summed E-state index contributed by atoms with van der Waals surface area (Å²) in [5.74, 6) is -0.209. The first-order valence-corrected chi connectivity index (χ1v) is 4.67. The number of nitrogens with zero attached hydrogens (tertiary/aromatic N) is 3. The minimum Gasteiger partial charge on any atom is -0.358 e. The lowest BCUT2D eigenvalue weighted by Gasteiger charge is -2.01. The maximum Gasteiger partial charge on any atom is 0.328 e. The fourth-order valence-corrected chi connectivity index (χ4v) is 1.55. The van der Waals surface area contributed by atoms with E-state index in [0.29, 0.717) is 0 Å². The smallest absolute Gasteiger partial charge is 0.328 e. The molecule has 17 heavy (non-hydrogen) atoms. The van der Waals surface area contributed by atoms with Crippen molar-refractivity contribution >= 4 is 11.5 Å². The largest absolute Gasteiger partial charge is 0.358 e. The van der Waals surface area contributed by atoms with Gasteiger partial charge in [-0.25, -0.2) is 0 Å². The Bertz CT molecular complexity index is 591. The molecule has 2 aromatic rings. The molecule has 2 rings (SSSR count). The van der Waals surface area contributed by atoms with Crippen molar-refractivity contribution in [2.45, 2.75) is 0 Å². The molecule has 0 N–H and O–H groups in total. The van der Waals surface area contributed by atoms with E-state index >= 15 is 0 Å². The summed E-state index contributed by atoms with van der Waals surface area (Å²) in [5, 5.41) is 21.6. The van der Waals surface area contributed by atoms with Gasteiger partial charge in [0, 0.05) is 12.1 Å². The molecule has 7 nitrogen and oxygen atoms in total. The van der Waals surface area contributed by atoms with Gasteiger partial charge in [0.05, 0.1) is 11.1 Å². The lowest BCUT2D eigenvalue weighted by molar-refractivity contribution is -0.392. The van der Waals surface area contributed by atoms with E-state index in [2.05, 4.69) is 0 Å². The van der Waals surface area contributed by atoms with Crippen molar-refractivity contribution in [3.05, 3.63) is 62.8 Å². The Morgan fingerprint density at radius 2 is 1.65 bits per heavy atom. The highest BCUT2D eigenvalue weighted by atomic mass is 16.6. The summed E-state index contributed by atoms with van der Waals surface area (Å²) < 4.78 is 1.18. The van der Waals surface area contributed by atoms with Gasteiger partial charge in [-0.15, -0.1) is 0 Å². The third-order valence-corrected chi connectivity index (χ3v) is 2.25. The second-order valence-corrected chi connectivity index (χ2v) is 3.24. The van der Waals surface area contributed by atoms with Crippen LogP contribution >= 0.6 is 0 Å². The van der Waals surface area contributed by atoms with E-state index in [9.17, 15) is 20.2 Å². The summed E-state index contributed by atoms with van der Waals surface area (Å²) in [5.41, 5.74) is 0.000926. The molecule has 0 bridgehead atoms. The van der Waals surface area contributed by atoms with Crippen LogP contribution in [0.3, 0.4) is 0 Å². The van der Waals surface area contributed by atoms with Gasteiger partial charge < -0.3 is 10.1 Å². The van der Waals surface area contributed by atoms with Crippen molar-refractivity contribution in [3.63, 3.8) is 0 Å². The molecule has 0 saturated carbocycles. The van der Waals surface area contributed by atoms with E-state index in [1.165, 1.54) is 41.1 Å². The molecule has 0 radical (unpaired) electrons. The van der Waals surface area contributed by atoms with Crippen molar-refractivity contribution in [1.29, 1.82) is 0 Å². The highest BCUT2D eigenvalue weighted by Crippen LogP contribution is 2.26. The fourth-order valence-electron chi connectivity index (χ4n) is 1.55. The minimum absolute atomic E-state index is 0.174. The summed E-state index contributed by atoms with van der Waals surface area (Å²) in [4.78, 5) is 20.4. The molecule has 0 amide bonds. The molecule has 86 valence electrons. The van der Waals surface area contributed by atoms with Gasteiger partial charge in [-0.1, -0.05) is 12.1 Å². The van der Waals surface area contributed by atoms with Gasteiger partial charge in [-0.3, -0.25) is 10.1 Å². The van der Waals surface area contributed by atoms with Crippen LogP contribution in [-0.4, -0.2) is 14.4 Å². The van der Waals surface area contributed by atoms with Crippen molar-refractivity contribution < 1.29 is 9.85 Å². The zero-order chi connectivity index (χ0) is 12.4. The van der Waals surface area contributed by atoms with Crippen molar-refractivity contribution in [3.8, 4) is 5.69 Å². The SMILES string of the molecule is O=[N+]([O-])c1ccccc1-n1cccc1[N+](=O)[O-]. The molecule has 0 aliphatic heterocycles. The van der Waals surface area contributed by atoms with Gasteiger partial charge in [-0.2, -0.15) is 4.57 Å². The van der Waals surface area contributed by atoms with Gasteiger partial charge >= 0.3 is 11.5 Å². The molecule has 0 fully saturated rings. The van der Waals surface area contributed by atoms with E-state index in [-0.39, 0.29) is 17.2 Å². The van der Waals surface area contributed by atoms with E-state index in [4.69, 9.17) is 0 Å². The number of hydrogen-bond donors (Lipinski definition) is 0. The van der Waals surface area contributed by atoms with Crippen LogP contribution < -0.4 is 0 Å². The summed E-state index contributed by atoms with van der Waals surface area (Å²) in [6.45, 7) is 0. The molecule has 0 saturated heterocycles. The molecule has 1 heterocycles. The Kier molecular flexibility index (Phi) is 2.57. The number of nitro groups is 2. The predicted octanol–water partition coefficient (Wildman–Crippen LogP) is 2.29. The molecular weight excluding hydrogens is 226 g/mol. The lowest BCUT2D eigenvalue weighted by atomic mass is 10.2. The van der Waals surface area contributed by atoms with Gasteiger partial charge in [0.1, 0.15) is 0 Å². The predicted molar refractivity (Wildman–Crippen MR) is 59.1 cm³/mol. The van der Waals surface area contributed by atoms with E-state index in [1.807, 2.05) is 0 Å². The summed E-state index contributed by atoms with van der Waals surface area (Å²) in [7, 11) is 0. The third kappa shape index (κ3) is 1.85. The maximum atomic E-state index is 10.8. The Hall–Kier alpha value is -2.70. The average molecular weight is 233 g/mol. The number of hydrogen-bond acceptors (Lipinski definition) is 4. The summed E-state index contributed by atoms with van der Waals surface area (Å²) >= 11 is 0. The number of nitro benzene ring substituents is 1. The van der Waals surface area contributed by atoms with E-state index < -0.39 is 9.85 Å². The second kappa shape index (κ2) is 4.05. The van der Waals surface area contributed by atoms with Crippen LogP contribution in [0.5, 0.6) is 0 Å². The van der Waals surface area contributed by atoms with Crippen LogP contribution in [-0.2, 0) is 0 Å². The Morgan fingerprint density at radius 3 is 2.29 bits per heavy atom. The van der Waals surface area contributed by atoms with Gasteiger partial charge in [-0.05, 0) is 17.1 Å². The Morgan fingerprint density at radius 1 is 0.941 bits per heavy atom. The number of benzene rings is 1. The molecule has 1 aromatic carbocycles. The zero-order valence-electron chi connectivity index (χ0n) is 8.52. The Balaban J connectivity index is 2.64. The van der Waals surface area contributed by atoms with Gasteiger partial charge in [0.2, 0.25) is 5.69 Å². The molecule has 0 aliphatic rings. The fraction of sp³-hybridized carbons (Fsp3) is 0. The van der Waals surface area contributed by atoms with Gasteiger partial charge in [0.25, 0.3) is 0 Å². The molecule has 0 unspecified atom stereocenters. The standard InChI is InChI=1S/C10H7N3O4/c14-12(15)9-5-2-1-4-8(9)11-7-3-6-10(11)13(16)17/h1-7H. The van der Waals surface area contributed by atoms with Crippen molar-refractivity contribution in [2.24, 2.45) is 0 Å². The first-order valence-electron chi connectivity index (χ1n) is 4.67.